The number of rotatable bonds is 6. The number of hydrogen-bond acceptors (Lipinski definition) is 1. The molecule has 0 aliphatic heterocycles. The fraction of sp³-hybridized carbons (Fsp3) is 0.933. The molecular weight excluding hydrogens is 210 g/mol. The first kappa shape index (κ1) is 12.9. The van der Waals surface area contributed by atoms with Crippen molar-refractivity contribution in [2.75, 3.05) is 0 Å². The molecule has 1 atom stereocenters. The molecule has 2 aliphatic rings. The zero-order valence-corrected chi connectivity index (χ0v) is 11.2. The van der Waals surface area contributed by atoms with E-state index < -0.39 is 0 Å². The zero-order valence-electron chi connectivity index (χ0n) is 11.2. The number of amides is 1. The van der Waals surface area contributed by atoms with Crippen LogP contribution < -0.4 is 5.32 Å². The van der Waals surface area contributed by atoms with Crippen LogP contribution in [0.3, 0.4) is 0 Å². The number of carbonyl (C=O) groups excluding carboxylic acids is 1. The highest BCUT2D eigenvalue weighted by atomic mass is 16.1. The van der Waals surface area contributed by atoms with Crippen LogP contribution in [0.15, 0.2) is 0 Å². The van der Waals surface area contributed by atoms with Gasteiger partial charge in [0.1, 0.15) is 0 Å². The molecule has 2 saturated carbocycles. The van der Waals surface area contributed by atoms with Gasteiger partial charge in [-0.3, -0.25) is 4.79 Å². The highest BCUT2D eigenvalue weighted by Gasteiger charge is 2.28. The summed E-state index contributed by atoms with van der Waals surface area (Å²) >= 11 is 0. The molecule has 0 saturated heterocycles. The first-order valence-electron chi connectivity index (χ1n) is 7.55. The van der Waals surface area contributed by atoms with E-state index in [-0.39, 0.29) is 5.91 Å². The van der Waals surface area contributed by atoms with Crippen molar-refractivity contribution in [2.45, 2.75) is 77.2 Å². The Morgan fingerprint density at radius 3 is 2.53 bits per heavy atom. The second-order valence-electron chi connectivity index (χ2n) is 6.09. The Balaban J connectivity index is 1.52. The summed E-state index contributed by atoms with van der Waals surface area (Å²) in [5.74, 6) is 1.97. The van der Waals surface area contributed by atoms with Crippen molar-refractivity contribution in [3.05, 3.63) is 0 Å². The number of carbonyl (C=O) groups is 1. The smallest absolute Gasteiger partial charge is 0.220 e. The van der Waals surface area contributed by atoms with Gasteiger partial charge in [0, 0.05) is 12.5 Å². The van der Waals surface area contributed by atoms with Gasteiger partial charge in [0.25, 0.3) is 0 Å². The van der Waals surface area contributed by atoms with Crippen LogP contribution in [0.4, 0.5) is 0 Å². The monoisotopic (exact) mass is 237 g/mol. The van der Waals surface area contributed by atoms with Gasteiger partial charge in [-0.25, -0.2) is 0 Å². The van der Waals surface area contributed by atoms with Crippen molar-refractivity contribution >= 4 is 5.91 Å². The predicted molar refractivity (Wildman–Crippen MR) is 70.8 cm³/mol. The lowest BCUT2D eigenvalue weighted by atomic mass is 9.86. The third-order valence-electron chi connectivity index (χ3n) is 4.46. The van der Waals surface area contributed by atoms with Crippen LogP contribution in [-0.4, -0.2) is 11.9 Å². The van der Waals surface area contributed by atoms with Crippen molar-refractivity contribution < 1.29 is 4.79 Å². The molecule has 2 heteroatoms. The molecule has 17 heavy (non-hydrogen) atoms. The van der Waals surface area contributed by atoms with Gasteiger partial charge in [-0.2, -0.15) is 0 Å². The molecule has 2 rings (SSSR count). The van der Waals surface area contributed by atoms with Gasteiger partial charge in [0.15, 0.2) is 0 Å². The van der Waals surface area contributed by atoms with Crippen LogP contribution in [0, 0.1) is 11.8 Å². The Hall–Kier alpha value is -0.530. The van der Waals surface area contributed by atoms with Crippen molar-refractivity contribution in [3.8, 4) is 0 Å². The first-order chi connectivity index (χ1) is 8.25. The summed E-state index contributed by atoms with van der Waals surface area (Å²) in [4.78, 5) is 11.7. The van der Waals surface area contributed by atoms with E-state index in [1.165, 1.54) is 51.4 Å². The van der Waals surface area contributed by atoms with Gasteiger partial charge in [-0.05, 0) is 44.4 Å². The first-order valence-corrected chi connectivity index (χ1v) is 7.55. The van der Waals surface area contributed by atoms with Gasteiger partial charge in [-0.15, -0.1) is 0 Å². The molecule has 0 aromatic rings. The van der Waals surface area contributed by atoms with Gasteiger partial charge >= 0.3 is 0 Å². The van der Waals surface area contributed by atoms with Crippen LogP contribution in [0.1, 0.15) is 71.1 Å². The second-order valence-corrected chi connectivity index (χ2v) is 6.09. The molecule has 0 heterocycles. The molecule has 0 aromatic carbocycles. The predicted octanol–water partition coefficient (Wildman–Crippen LogP) is 3.65. The average Bonchev–Trinajstić information content (AvgIpc) is 3.14. The van der Waals surface area contributed by atoms with E-state index in [4.69, 9.17) is 0 Å². The summed E-state index contributed by atoms with van der Waals surface area (Å²) in [5.41, 5.74) is 0. The number of nitrogens with one attached hydrogen (secondary N) is 1. The van der Waals surface area contributed by atoms with Crippen LogP contribution in [0.2, 0.25) is 0 Å². The van der Waals surface area contributed by atoms with Crippen LogP contribution in [0.25, 0.3) is 0 Å². The summed E-state index contributed by atoms with van der Waals surface area (Å²) in [5, 5.41) is 3.14. The molecule has 2 nitrogen and oxygen atoms in total. The minimum Gasteiger partial charge on any atom is -0.353 e. The topological polar surface area (TPSA) is 29.1 Å². The SMILES string of the molecule is CC(NC(=O)CCCC1CCCCC1)C1CC1. The van der Waals surface area contributed by atoms with Crippen molar-refractivity contribution in [3.63, 3.8) is 0 Å². The Labute approximate surface area is 106 Å². The molecule has 0 spiro atoms. The standard InChI is InChI=1S/C15H27NO/c1-12(14-10-11-14)16-15(17)9-5-8-13-6-3-2-4-7-13/h12-14H,2-11H2,1H3,(H,16,17). The Kier molecular flexibility index (Phi) is 4.87. The lowest BCUT2D eigenvalue weighted by molar-refractivity contribution is -0.122. The van der Waals surface area contributed by atoms with Crippen molar-refractivity contribution in [1.82, 2.24) is 5.32 Å². The fourth-order valence-electron chi connectivity index (χ4n) is 3.07. The van der Waals surface area contributed by atoms with E-state index in [0.29, 0.717) is 6.04 Å². The molecule has 0 radical (unpaired) electrons. The van der Waals surface area contributed by atoms with Crippen molar-refractivity contribution in [1.29, 1.82) is 0 Å². The van der Waals surface area contributed by atoms with Gasteiger partial charge in [0.05, 0.1) is 0 Å². The summed E-state index contributed by atoms with van der Waals surface area (Å²) in [6.45, 7) is 2.15. The quantitative estimate of drug-likeness (QED) is 0.750. The van der Waals surface area contributed by atoms with E-state index in [0.717, 1.165) is 24.7 Å². The van der Waals surface area contributed by atoms with Crippen LogP contribution in [0.5, 0.6) is 0 Å². The van der Waals surface area contributed by atoms with E-state index >= 15 is 0 Å². The molecule has 2 fully saturated rings. The summed E-state index contributed by atoms with van der Waals surface area (Å²) in [6.07, 6.45) is 12.8. The molecule has 0 bridgehead atoms. The lowest BCUT2D eigenvalue weighted by Gasteiger charge is -2.21. The molecule has 1 amide bonds. The molecular formula is C15H27NO. The second kappa shape index (κ2) is 6.42. The molecule has 2 aliphatic carbocycles. The third-order valence-corrected chi connectivity index (χ3v) is 4.46. The Bertz CT molecular complexity index is 241. The highest BCUT2D eigenvalue weighted by molar-refractivity contribution is 5.76. The van der Waals surface area contributed by atoms with E-state index in [2.05, 4.69) is 12.2 Å². The lowest BCUT2D eigenvalue weighted by Crippen LogP contribution is -2.33. The minimum absolute atomic E-state index is 0.278. The highest BCUT2D eigenvalue weighted by Crippen LogP contribution is 2.32. The maximum absolute atomic E-state index is 11.7. The minimum atomic E-state index is 0.278. The molecule has 98 valence electrons. The average molecular weight is 237 g/mol. The summed E-state index contributed by atoms with van der Waals surface area (Å²) in [6, 6.07) is 0.414. The normalized spacial score (nSPS) is 23.4. The van der Waals surface area contributed by atoms with Crippen molar-refractivity contribution in [2.24, 2.45) is 11.8 Å². The maximum atomic E-state index is 11.7. The van der Waals surface area contributed by atoms with Gasteiger partial charge in [0.2, 0.25) is 5.91 Å². The zero-order chi connectivity index (χ0) is 12.1. The summed E-state index contributed by atoms with van der Waals surface area (Å²) < 4.78 is 0. The van der Waals surface area contributed by atoms with Gasteiger partial charge < -0.3 is 5.32 Å². The largest absolute Gasteiger partial charge is 0.353 e. The molecule has 1 N–H and O–H groups in total. The molecule has 1 unspecified atom stereocenters. The van der Waals surface area contributed by atoms with E-state index in [9.17, 15) is 4.79 Å². The van der Waals surface area contributed by atoms with Crippen LogP contribution in [-0.2, 0) is 4.79 Å². The number of hydrogen-bond donors (Lipinski definition) is 1. The third kappa shape index (κ3) is 4.69. The van der Waals surface area contributed by atoms with Gasteiger partial charge in [-0.1, -0.05) is 32.1 Å². The molecule has 0 aromatic heterocycles. The van der Waals surface area contributed by atoms with E-state index in [1.807, 2.05) is 0 Å². The summed E-state index contributed by atoms with van der Waals surface area (Å²) in [7, 11) is 0. The Morgan fingerprint density at radius 1 is 1.18 bits per heavy atom. The van der Waals surface area contributed by atoms with Crippen LogP contribution >= 0.6 is 0 Å². The van der Waals surface area contributed by atoms with E-state index in [1.54, 1.807) is 0 Å². The fourth-order valence-corrected chi connectivity index (χ4v) is 3.07. The maximum Gasteiger partial charge on any atom is 0.220 e. The Morgan fingerprint density at radius 2 is 1.88 bits per heavy atom.